The van der Waals surface area contributed by atoms with Gasteiger partial charge in [-0.2, -0.15) is 0 Å². The maximum Gasteiger partial charge on any atom is 0.208 e. The Balaban J connectivity index is 1.76. The number of rotatable bonds is 6. The van der Waals surface area contributed by atoms with Crippen molar-refractivity contribution in [2.24, 2.45) is 0 Å². The van der Waals surface area contributed by atoms with Crippen molar-refractivity contribution in [3.63, 3.8) is 0 Å². The molecule has 19 heavy (non-hydrogen) atoms. The number of sulfonamides is 1. The quantitative estimate of drug-likeness (QED) is 0.706. The fourth-order valence-corrected chi connectivity index (χ4v) is 3.26. The number of hydrogen-bond acceptors (Lipinski definition) is 5. The Morgan fingerprint density at radius 3 is 2.68 bits per heavy atom. The van der Waals surface area contributed by atoms with E-state index in [1.807, 2.05) is 0 Å². The normalized spacial score (nSPS) is 26.9. The second kappa shape index (κ2) is 6.99. The van der Waals surface area contributed by atoms with Crippen molar-refractivity contribution in [3.05, 3.63) is 0 Å². The summed E-state index contributed by atoms with van der Waals surface area (Å²) < 4.78 is 35.7. The average molecular weight is 292 g/mol. The standard InChI is InChI=1S/C12H24N2O4S/c1-19(15,16)13-6-4-8-14-7-3-2-5-11(14)12-17-9-10-18-12/h11-13H,2-10H2,1H3. The van der Waals surface area contributed by atoms with Crippen molar-refractivity contribution < 1.29 is 17.9 Å². The Labute approximate surface area is 115 Å². The zero-order valence-electron chi connectivity index (χ0n) is 11.5. The van der Waals surface area contributed by atoms with Crippen LogP contribution < -0.4 is 4.72 Å². The summed E-state index contributed by atoms with van der Waals surface area (Å²) in [6.45, 7) is 3.80. The molecule has 7 heteroatoms. The molecule has 2 heterocycles. The molecule has 0 bridgehead atoms. The molecular formula is C12H24N2O4S. The molecule has 6 nitrogen and oxygen atoms in total. The zero-order valence-corrected chi connectivity index (χ0v) is 12.3. The molecule has 0 amide bonds. The lowest BCUT2D eigenvalue weighted by Crippen LogP contribution is -2.48. The highest BCUT2D eigenvalue weighted by Crippen LogP contribution is 2.24. The first kappa shape index (κ1) is 15.2. The molecule has 0 radical (unpaired) electrons. The molecule has 0 saturated carbocycles. The highest BCUT2D eigenvalue weighted by atomic mass is 32.2. The molecule has 112 valence electrons. The van der Waals surface area contributed by atoms with E-state index in [9.17, 15) is 8.42 Å². The van der Waals surface area contributed by atoms with Crippen molar-refractivity contribution >= 4 is 10.0 Å². The largest absolute Gasteiger partial charge is 0.349 e. The first-order chi connectivity index (χ1) is 9.06. The third kappa shape index (κ3) is 5.00. The van der Waals surface area contributed by atoms with Gasteiger partial charge in [0.1, 0.15) is 0 Å². The average Bonchev–Trinajstić information content (AvgIpc) is 2.88. The monoisotopic (exact) mass is 292 g/mol. The van der Waals surface area contributed by atoms with Gasteiger partial charge in [0, 0.05) is 6.54 Å². The lowest BCUT2D eigenvalue weighted by molar-refractivity contribution is -0.109. The van der Waals surface area contributed by atoms with E-state index in [-0.39, 0.29) is 6.29 Å². The summed E-state index contributed by atoms with van der Waals surface area (Å²) in [7, 11) is -3.07. The fourth-order valence-electron chi connectivity index (χ4n) is 2.74. The van der Waals surface area contributed by atoms with Crippen LogP contribution in [0, 0.1) is 0 Å². The van der Waals surface area contributed by atoms with Crippen LogP contribution in [0.4, 0.5) is 0 Å². The minimum Gasteiger partial charge on any atom is -0.349 e. The Hall–Kier alpha value is -0.210. The SMILES string of the molecule is CS(=O)(=O)NCCCN1CCCCC1C1OCCO1. The van der Waals surface area contributed by atoms with Gasteiger partial charge in [0.2, 0.25) is 10.0 Å². The van der Waals surface area contributed by atoms with Gasteiger partial charge in [0.15, 0.2) is 6.29 Å². The van der Waals surface area contributed by atoms with Crippen molar-refractivity contribution in [3.8, 4) is 0 Å². The van der Waals surface area contributed by atoms with Gasteiger partial charge in [0.25, 0.3) is 0 Å². The molecule has 2 aliphatic heterocycles. The molecule has 0 aromatic rings. The molecule has 0 aromatic heterocycles. The van der Waals surface area contributed by atoms with Crippen molar-refractivity contribution in [1.29, 1.82) is 0 Å². The minimum absolute atomic E-state index is 0.0943. The fraction of sp³-hybridized carbons (Fsp3) is 1.00. The van der Waals surface area contributed by atoms with Crippen LogP contribution in [0.2, 0.25) is 0 Å². The minimum atomic E-state index is -3.07. The lowest BCUT2D eigenvalue weighted by atomic mass is 10.0. The van der Waals surface area contributed by atoms with Crippen LogP contribution in [0.3, 0.4) is 0 Å². The summed E-state index contributed by atoms with van der Waals surface area (Å²) >= 11 is 0. The molecular weight excluding hydrogens is 268 g/mol. The van der Waals surface area contributed by atoms with Crippen molar-refractivity contribution in [2.75, 3.05) is 39.1 Å². The highest BCUT2D eigenvalue weighted by molar-refractivity contribution is 7.88. The van der Waals surface area contributed by atoms with E-state index < -0.39 is 10.0 Å². The van der Waals surface area contributed by atoms with Crippen LogP contribution >= 0.6 is 0 Å². The Morgan fingerprint density at radius 2 is 2.00 bits per heavy atom. The molecule has 2 rings (SSSR count). The molecule has 2 saturated heterocycles. The summed E-state index contributed by atoms with van der Waals surface area (Å²) in [4.78, 5) is 2.38. The third-order valence-electron chi connectivity index (χ3n) is 3.61. The molecule has 2 fully saturated rings. The second-order valence-electron chi connectivity index (χ2n) is 5.23. The van der Waals surface area contributed by atoms with Gasteiger partial charge in [-0.3, -0.25) is 4.90 Å². The number of piperidine rings is 1. The molecule has 2 aliphatic rings. The number of hydrogen-bond donors (Lipinski definition) is 1. The van der Waals surface area contributed by atoms with Gasteiger partial charge in [-0.05, 0) is 32.4 Å². The predicted molar refractivity (Wildman–Crippen MR) is 72.4 cm³/mol. The summed E-state index contributed by atoms with van der Waals surface area (Å²) in [6, 6.07) is 0.328. The van der Waals surface area contributed by atoms with Crippen LogP contribution in [0.1, 0.15) is 25.7 Å². The molecule has 1 unspecified atom stereocenters. The van der Waals surface area contributed by atoms with Gasteiger partial charge in [-0.15, -0.1) is 0 Å². The molecule has 0 aromatic carbocycles. The van der Waals surface area contributed by atoms with Crippen LogP contribution in [0.25, 0.3) is 0 Å². The Morgan fingerprint density at radius 1 is 1.26 bits per heavy atom. The zero-order chi connectivity index (χ0) is 13.7. The second-order valence-corrected chi connectivity index (χ2v) is 7.06. The van der Waals surface area contributed by atoms with E-state index in [2.05, 4.69) is 9.62 Å². The maximum atomic E-state index is 11.0. The van der Waals surface area contributed by atoms with E-state index in [0.717, 1.165) is 25.9 Å². The van der Waals surface area contributed by atoms with Gasteiger partial charge in [0.05, 0.1) is 25.5 Å². The van der Waals surface area contributed by atoms with E-state index in [1.165, 1.54) is 19.1 Å². The van der Waals surface area contributed by atoms with Crippen molar-refractivity contribution in [2.45, 2.75) is 38.0 Å². The lowest BCUT2D eigenvalue weighted by Gasteiger charge is -2.38. The van der Waals surface area contributed by atoms with Crippen LogP contribution in [0.15, 0.2) is 0 Å². The Kier molecular flexibility index (Phi) is 5.58. The van der Waals surface area contributed by atoms with Crippen LogP contribution in [0.5, 0.6) is 0 Å². The summed E-state index contributed by atoms with van der Waals surface area (Å²) in [6.07, 6.45) is 5.43. The summed E-state index contributed by atoms with van der Waals surface area (Å²) in [5, 5.41) is 0. The number of nitrogens with zero attached hydrogens (tertiary/aromatic N) is 1. The maximum absolute atomic E-state index is 11.0. The topological polar surface area (TPSA) is 67.9 Å². The third-order valence-corrected chi connectivity index (χ3v) is 4.34. The number of nitrogens with one attached hydrogen (secondary N) is 1. The van der Waals surface area contributed by atoms with E-state index in [1.54, 1.807) is 0 Å². The molecule has 0 aliphatic carbocycles. The van der Waals surface area contributed by atoms with Gasteiger partial charge in [-0.25, -0.2) is 13.1 Å². The molecule has 0 spiro atoms. The predicted octanol–water partition coefficient (Wildman–Crippen LogP) is 0.153. The first-order valence-corrected chi connectivity index (χ1v) is 8.87. The number of ether oxygens (including phenoxy) is 2. The van der Waals surface area contributed by atoms with E-state index >= 15 is 0 Å². The van der Waals surface area contributed by atoms with Gasteiger partial charge < -0.3 is 9.47 Å². The van der Waals surface area contributed by atoms with E-state index in [4.69, 9.17) is 9.47 Å². The summed E-state index contributed by atoms with van der Waals surface area (Å²) in [5.74, 6) is 0. The summed E-state index contributed by atoms with van der Waals surface area (Å²) in [5.41, 5.74) is 0. The highest BCUT2D eigenvalue weighted by Gasteiger charge is 2.33. The Bertz CT molecular complexity index is 368. The van der Waals surface area contributed by atoms with Crippen LogP contribution in [-0.2, 0) is 19.5 Å². The molecule has 1 atom stereocenters. The van der Waals surface area contributed by atoms with Gasteiger partial charge in [-0.1, -0.05) is 6.42 Å². The van der Waals surface area contributed by atoms with Crippen molar-refractivity contribution in [1.82, 2.24) is 9.62 Å². The number of likely N-dealkylation sites (tertiary alicyclic amines) is 1. The van der Waals surface area contributed by atoms with Crippen LogP contribution in [-0.4, -0.2) is 64.8 Å². The first-order valence-electron chi connectivity index (χ1n) is 6.98. The smallest absolute Gasteiger partial charge is 0.208 e. The van der Waals surface area contributed by atoms with Gasteiger partial charge >= 0.3 is 0 Å². The molecule has 1 N–H and O–H groups in total. The van der Waals surface area contributed by atoms with E-state index in [0.29, 0.717) is 25.8 Å².